The molecule has 0 aromatic heterocycles. The van der Waals surface area contributed by atoms with Crippen molar-refractivity contribution in [3.8, 4) is 0 Å². The zero-order valence-corrected chi connectivity index (χ0v) is 12.9. The quantitative estimate of drug-likeness (QED) is 0.701. The molecule has 1 aliphatic carbocycles. The van der Waals surface area contributed by atoms with Gasteiger partial charge in [0.25, 0.3) is 0 Å². The van der Waals surface area contributed by atoms with Crippen LogP contribution in [0.3, 0.4) is 0 Å². The first-order chi connectivity index (χ1) is 9.88. The molecule has 1 fully saturated rings. The van der Waals surface area contributed by atoms with Crippen LogP contribution in [0.25, 0.3) is 0 Å². The van der Waals surface area contributed by atoms with Crippen LogP contribution < -0.4 is 10.6 Å². The summed E-state index contributed by atoms with van der Waals surface area (Å²) in [6, 6.07) is -0.435. The number of carboxylic acids is 1. The molecule has 0 spiro atoms. The van der Waals surface area contributed by atoms with Crippen molar-refractivity contribution in [1.82, 2.24) is 10.6 Å². The summed E-state index contributed by atoms with van der Waals surface area (Å²) in [5.74, 6) is -1.18. The first-order valence-electron chi connectivity index (χ1n) is 7.70. The Morgan fingerprint density at radius 3 is 2.29 bits per heavy atom. The molecule has 3 amide bonds. The van der Waals surface area contributed by atoms with E-state index in [0.29, 0.717) is 5.92 Å². The minimum Gasteiger partial charge on any atom is -0.481 e. The molecular formula is C15H26N2O4. The Kier molecular flexibility index (Phi) is 7.19. The van der Waals surface area contributed by atoms with Crippen LogP contribution in [0.4, 0.5) is 4.79 Å². The van der Waals surface area contributed by atoms with Gasteiger partial charge in [0.15, 0.2) is 0 Å². The van der Waals surface area contributed by atoms with Crippen molar-refractivity contribution in [1.29, 1.82) is 0 Å². The van der Waals surface area contributed by atoms with Gasteiger partial charge in [-0.1, -0.05) is 26.2 Å². The standard InChI is InChI=1S/C15H26N2O4/c1-10(9-14(19)20)8-13(18)17-15(21)16-11(2)12-6-4-3-5-7-12/h10-12H,3-9H2,1-2H3,(H,19,20)(H2,16,17,18,21). The molecule has 0 heterocycles. The molecule has 0 saturated heterocycles. The Bertz CT molecular complexity index is 378. The molecule has 6 heteroatoms. The van der Waals surface area contributed by atoms with Crippen molar-refractivity contribution in [3.63, 3.8) is 0 Å². The predicted octanol–water partition coefficient (Wildman–Crippen LogP) is 2.28. The summed E-state index contributed by atoms with van der Waals surface area (Å²) in [5.41, 5.74) is 0. The van der Waals surface area contributed by atoms with Crippen molar-refractivity contribution in [2.24, 2.45) is 11.8 Å². The number of hydrogen-bond donors (Lipinski definition) is 3. The molecule has 0 radical (unpaired) electrons. The van der Waals surface area contributed by atoms with Crippen LogP contribution in [0, 0.1) is 11.8 Å². The molecule has 1 aliphatic rings. The van der Waals surface area contributed by atoms with E-state index in [1.165, 1.54) is 19.3 Å². The highest BCUT2D eigenvalue weighted by Crippen LogP contribution is 2.26. The zero-order valence-electron chi connectivity index (χ0n) is 12.9. The van der Waals surface area contributed by atoms with Crippen molar-refractivity contribution in [2.75, 3.05) is 0 Å². The second-order valence-electron chi connectivity index (χ2n) is 6.12. The topological polar surface area (TPSA) is 95.5 Å². The highest BCUT2D eigenvalue weighted by molar-refractivity contribution is 5.94. The molecule has 0 aromatic carbocycles. The van der Waals surface area contributed by atoms with Crippen LogP contribution >= 0.6 is 0 Å². The maximum atomic E-state index is 11.8. The number of imide groups is 1. The smallest absolute Gasteiger partial charge is 0.321 e. The molecule has 0 aliphatic heterocycles. The average Bonchev–Trinajstić information content (AvgIpc) is 2.37. The van der Waals surface area contributed by atoms with Crippen LogP contribution in [-0.2, 0) is 9.59 Å². The second-order valence-corrected chi connectivity index (χ2v) is 6.12. The molecular weight excluding hydrogens is 272 g/mol. The third-order valence-electron chi connectivity index (χ3n) is 4.03. The molecule has 1 saturated carbocycles. The van der Waals surface area contributed by atoms with E-state index in [9.17, 15) is 14.4 Å². The number of carboxylic acid groups (broad SMARTS) is 1. The van der Waals surface area contributed by atoms with E-state index >= 15 is 0 Å². The van der Waals surface area contributed by atoms with Gasteiger partial charge < -0.3 is 10.4 Å². The van der Waals surface area contributed by atoms with Crippen molar-refractivity contribution >= 4 is 17.9 Å². The van der Waals surface area contributed by atoms with E-state index in [1.807, 2.05) is 6.92 Å². The van der Waals surface area contributed by atoms with Gasteiger partial charge in [0.05, 0.1) is 0 Å². The molecule has 120 valence electrons. The Balaban J connectivity index is 2.28. The van der Waals surface area contributed by atoms with Crippen LogP contribution in [-0.4, -0.2) is 29.1 Å². The van der Waals surface area contributed by atoms with Gasteiger partial charge in [-0.25, -0.2) is 4.79 Å². The largest absolute Gasteiger partial charge is 0.481 e. The number of nitrogens with one attached hydrogen (secondary N) is 2. The number of hydrogen-bond acceptors (Lipinski definition) is 3. The Hall–Kier alpha value is -1.59. The van der Waals surface area contributed by atoms with Gasteiger partial charge in [-0.15, -0.1) is 0 Å². The summed E-state index contributed by atoms with van der Waals surface area (Å²) >= 11 is 0. The molecule has 2 unspecified atom stereocenters. The van der Waals surface area contributed by atoms with Crippen LogP contribution in [0.5, 0.6) is 0 Å². The van der Waals surface area contributed by atoms with Gasteiger partial charge in [0.1, 0.15) is 0 Å². The monoisotopic (exact) mass is 298 g/mol. The van der Waals surface area contributed by atoms with E-state index in [1.54, 1.807) is 6.92 Å². The molecule has 6 nitrogen and oxygen atoms in total. The summed E-state index contributed by atoms with van der Waals surface area (Å²) in [5, 5.41) is 13.7. The van der Waals surface area contributed by atoms with Gasteiger partial charge in [-0.05, 0) is 31.6 Å². The summed E-state index contributed by atoms with van der Waals surface area (Å²) in [6.07, 6.45) is 5.85. The minimum atomic E-state index is -0.939. The highest BCUT2D eigenvalue weighted by Gasteiger charge is 2.22. The number of rotatable bonds is 6. The Morgan fingerprint density at radius 1 is 1.10 bits per heavy atom. The van der Waals surface area contributed by atoms with E-state index < -0.39 is 17.9 Å². The van der Waals surface area contributed by atoms with Crippen LogP contribution in [0.1, 0.15) is 58.8 Å². The maximum absolute atomic E-state index is 11.8. The van der Waals surface area contributed by atoms with E-state index in [2.05, 4.69) is 10.6 Å². The van der Waals surface area contributed by atoms with Gasteiger partial charge in [0, 0.05) is 18.9 Å². The average molecular weight is 298 g/mol. The van der Waals surface area contributed by atoms with Crippen LogP contribution in [0.2, 0.25) is 0 Å². The van der Waals surface area contributed by atoms with Crippen LogP contribution in [0.15, 0.2) is 0 Å². The second kappa shape index (κ2) is 8.64. The lowest BCUT2D eigenvalue weighted by Gasteiger charge is -2.28. The lowest BCUT2D eigenvalue weighted by atomic mass is 9.85. The summed E-state index contributed by atoms with van der Waals surface area (Å²) in [4.78, 5) is 33.9. The number of urea groups is 1. The third kappa shape index (κ3) is 7.11. The number of carbonyl (C=O) groups is 3. The normalized spacial score (nSPS) is 18.6. The number of aliphatic carboxylic acids is 1. The van der Waals surface area contributed by atoms with E-state index in [0.717, 1.165) is 12.8 Å². The first kappa shape index (κ1) is 17.5. The lowest BCUT2D eigenvalue weighted by Crippen LogP contribution is -2.46. The van der Waals surface area contributed by atoms with E-state index in [4.69, 9.17) is 5.11 Å². The van der Waals surface area contributed by atoms with Crippen molar-refractivity contribution in [2.45, 2.75) is 64.8 Å². The molecule has 0 aromatic rings. The molecule has 0 bridgehead atoms. The van der Waals surface area contributed by atoms with Gasteiger partial charge >= 0.3 is 12.0 Å². The first-order valence-corrected chi connectivity index (χ1v) is 7.70. The summed E-state index contributed by atoms with van der Waals surface area (Å²) in [7, 11) is 0. The van der Waals surface area contributed by atoms with Gasteiger partial charge in [-0.2, -0.15) is 0 Å². The van der Waals surface area contributed by atoms with E-state index in [-0.39, 0.29) is 24.8 Å². The Labute approximate surface area is 125 Å². The van der Waals surface area contributed by atoms with Crippen molar-refractivity contribution < 1.29 is 19.5 Å². The molecule has 21 heavy (non-hydrogen) atoms. The van der Waals surface area contributed by atoms with Gasteiger partial charge in [-0.3, -0.25) is 14.9 Å². The molecule has 1 rings (SSSR count). The number of carbonyl (C=O) groups excluding carboxylic acids is 2. The number of amides is 3. The minimum absolute atomic E-state index is 0.0392. The fraction of sp³-hybridized carbons (Fsp3) is 0.800. The summed E-state index contributed by atoms with van der Waals surface area (Å²) < 4.78 is 0. The maximum Gasteiger partial charge on any atom is 0.321 e. The summed E-state index contributed by atoms with van der Waals surface area (Å²) in [6.45, 7) is 3.64. The van der Waals surface area contributed by atoms with Crippen molar-refractivity contribution in [3.05, 3.63) is 0 Å². The fourth-order valence-corrected chi connectivity index (χ4v) is 2.86. The Morgan fingerprint density at radius 2 is 1.71 bits per heavy atom. The molecule has 3 N–H and O–H groups in total. The molecule has 2 atom stereocenters. The SMILES string of the molecule is CC(CC(=O)O)CC(=O)NC(=O)NC(C)C1CCCCC1. The zero-order chi connectivity index (χ0) is 15.8. The third-order valence-corrected chi connectivity index (χ3v) is 4.03. The van der Waals surface area contributed by atoms with Gasteiger partial charge in [0.2, 0.25) is 5.91 Å². The predicted molar refractivity (Wildman–Crippen MR) is 78.7 cm³/mol. The highest BCUT2D eigenvalue weighted by atomic mass is 16.4. The lowest BCUT2D eigenvalue weighted by molar-refractivity contribution is -0.138. The fourth-order valence-electron chi connectivity index (χ4n) is 2.86.